The van der Waals surface area contributed by atoms with Crippen LogP contribution in [0, 0.1) is 0 Å². The molecule has 1 aromatic rings. The van der Waals surface area contributed by atoms with Crippen LogP contribution in [0.4, 0.5) is 0 Å². The molecule has 9 heteroatoms. The first-order valence-electron chi connectivity index (χ1n) is 4.72. The van der Waals surface area contributed by atoms with Crippen LogP contribution in [0.2, 0.25) is 0 Å². The summed E-state index contributed by atoms with van der Waals surface area (Å²) < 4.78 is 25.5. The molecule has 0 spiro atoms. The van der Waals surface area contributed by atoms with Crippen LogP contribution in [0.1, 0.15) is 23.8 Å². The average Bonchev–Trinajstić information content (AvgIpc) is 2.75. The molecule has 1 unspecified atom stereocenters. The molecule has 0 aliphatic heterocycles. The minimum absolute atomic E-state index is 0.350. The molecule has 1 atom stereocenters. The summed E-state index contributed by atoms with van der Waals surface area (Å²) in [4.78, 5) is 14.2. The number of nitrogens with one attached hydrogen (secondary N) is 1. The van der Waals surface area contributed by atoms with E-state index in [2.05, 4.69) is 9.71 Å². The Morgan fingerprint density at radius 1 is 1.65 bits per heavy atom. The van der Waals surface area contributed by atoms with Gasteiger partial charge < -0.3 is 10.2 Å². The first-order valence-corrected chi connectivity index (χ1v) is 7.08. The van der Waals surface area contributed by atoms with E-state index < -0.39 is 27.7 Å². The van der Waals surface area contributed by atoms with Crippen LogP contribution in [0.15, 0.2) is 9.72 Å². The molecule has 0 bridgehead atoms. The van der Waals surface area contributed by atoms with Crippen molar-refractivity contribution in [1.29, 1.82) is 0 Å². The molecule has 0 radical (unpaired) electrons. The topological polar surface area (TPSA) is 117 Å². The minimum Gasteiger partial charge on any atom is -0.476 e. The second-order valence-electron chi connectivity index (χ2n) is 3.20. The van der Waals surface area contributed by atoms with Crippen LogP contribution < -0.4 is 4.72 Å². The van der Waals surface area contributed by atoms with Crippen LogP contribution in [0.25, 0.3) is 0 Å². The van der Waals surface area contributed by atoms with Crippen molar-refractivity contribution in [2.45, 2.75) is 23.6 Å². The molecule has 17 heavy (non-hydrogen) atoms. The van der Waals surface area contributed by atoms with Crippen molar-refractivity contribution >= 4 is 27.3 Å². The van der Waals surface area contributed by atoms with Crippen molar-refractivity contribution in [3.63, 3.8) is 0 Å². The fourth-order valence-electron chi connectivity index (χ4n) is 1.09. The average molecular weight is 280 g/mol. The number of thiazole rings is 1. The number of aliphatic hydroxyl groups excluding tert-OH is 1. The van der Waals surface area contributed by atoms with E-state index in [0.29, 0.717) is 6.42 Å². The van der Waals surface area contributed by atoms with Gasteiger partial charge in [-0.1, -0.05) is 6.92 Å². The number of nitrogens with zero attached hydrogens (tertiary/aromatic N) is 1. The van der Waals surface area contributed by atoms with Crippen LogP contribution in [-0.2, 0) is 10.0 Å². The smallest absolute Gasteiger partial charge is 0.356 e. The maximum atomic E-state index is 11.8. The standard InChI is InChI=1S/C8H12N2O5S2/c1-2-5(3-11)10-17(14,15)8-6(7(12)13)9-4-16-8/h4-5,10-11H,2-3H2,1H3,(H,12,13). The third-order valence-corrected chi connectivity index (χ3v) is 4.91. The van der Waals surface area contributed by atoms with Gasteiger partial charge in [-0.25, -0.2) is 22.9 Å². The molecule has 0 aliphatic carbocycles. The molecule has 0 fully saturated rings. The van der Waals surface area contributed by atoms with Crippen LogP contribution in [0.5, 0.6) is 0 Å². The molecule has 7 nitrogen and oxygen atoms in total. The van der Waals surface area contributed by atoms with Gasteiger partial charge in [0.1, 0.15) is 0 Å². The van der Waals surface area contributed by atoms with Gasteiger partial charge in [0, 0.05) is 6.04 Å². The molecule has 1 aromatic heterocycles. The Labute approximate surface area is 102 Å². The van der Waals surface area contributed by atoms with E-state index in [0.717, 1.165) is 16.8 Å². The summed E-state index contributed by atoms with van der Waals surface area (Å²) in [5.41, 5.74) is 0.646. The third kappa shape index (κ3) is 3.22. The van der Waals surface area contributed by atoms with E-state index in [4.69, 9.17) is 10.2 Å². The second kappa shape index (κ2) is 5.54. The van der Waals surface area contributed by atoms with Crippen molar-refractivity contribution < 1.29 is 23.4 Å². The SMILES string of the molecule is CCC(CO)NS(=O)(=O)c1scnc1C(=O)O. The normalized spacial score (nSPS) is 13.5. The number of rotatable bonds is 6. The summed E-state index contributed by atoms with van der Waals surface area (Å²) in [5, 5.41) is 17.7. The molecule has 0 amide bonds. The minimum atomic E-state index is -3.95. The largest absolute Gasteiger partial charge is 0.476 e. The fourth-order valence-corrected chi connectivity index (χ4v) is 3.56. The Hall–Kier alpha value is -1.03. The van der Waals surface area contributed by atoms with Crippen molar-refractivity contribution in [1.82, 2.24) is 9.71 Å². The summed E-state index contributed by atoms with van der Waals surface area (Å²) in [7, 11) is -3.95. The molecule has 96 valence electrons. The zero-order chi connectivity index (χ0) is 13.1. The van der Waals surface area contributed by atoms with Crippen molar-refractivity contribution in [3.05, 3.63) is 11.2 Å². The van der Waals surface area contributed by atoms with Gasteiger partial charge >= 0.3 is 5.97 Å². The lowest BCUT2D eigenvalue weighted by molar-refractivity contribution is 0.0687. The lowest BCUT2D eigenvalue weighted by Gasteiger charge is -2.13. The predicted molar refractivity (Wildman–Crippen MR) is 60.6 cm³/mol. The molecule has 0 saturated heterocycles. The number of aliphatic hydroxyl groups is 1. The highest BCUT2D eigenvalue weighted by Gasteiger charge is 2.27. The number of hydrogen-bond acceptors (Lipinski definition) is 6. The lowest BCUT2D eigenvalue weighted by atomic mass is 10.3. The lowest BCUT2D eigenvalue weighted by Crippen LogP contribution is -2.37. The van der Waals surface area contributed by atoms with Crippen molar-refractivity contribution in [2.75, 3.05) is 6.61 Å². The Bertz CT molecular complexity index is 492. The first kappa shape index (κ1) is 14.0. The summed E-state index contributed by atoms with van der Waals surface area (Å²) in [5.74, 6) is -1.40. The number of sulfonamides is 1. The highest BCUT2D eigenvalue weighted by Crippen LogP contribution is 2.20. The summed E-state index contributed by atoms with van der Waals surface area (Å²) in [6, 6.07) is -0.635. The number of aromatic nitrogens is 1. The number of carboxylic acid groups (broad SMARTS) is 1. The van der Waals surface area contributed by atoms with Gasteiger partial charge in [-0.05, 0) is 6.42 Å². The highest BCUT2D eigenvalue weighted by molar-refractivity contribution is 7.91. The Balaban J connectivity index is 3.05. The van der Waals surface area contributed by atoms with Gasteiger partial charge in [0.2, 0.25) is 0 Å². The zero-order valence-corrected chi connectivity index (χ0v) is 10.6. The van der Waals surface area contributed by atoms with E-state index in [1.807, 2.05) is 0 Å². The number of aromatic carboxylic acids is 1. The molecule has 0 aliphatic rings. The second-order valence-corrected chi connectivity index (χ2v) is 5.97. The highest BCUT2D eigenvalue weighted by atomic mass is 32.2. The third-order valence-electron chi connectivity index (χ3n) is 2.02. The molecule has 3 N–H and O–H groups in total. The molecule has 1 rings (SSSR count). The van der Waals surface area contributed by atoms with Gasteiger partial charge in [-0.2, -0.15) is 0 Å². The predicted octanol–water partition coefficient (Wildman–Crippen LogP) is -0.109. The molecular weight excluding hydrogens is 268 g/mol. The summed E-state index contributed by atoms with van der Waals surface area (Å²) in [6.45, 7) is 1.35. The van der Waals surface area contributed by atoms with Gasteiger partial charge in [-0.15, -0.1) is 11.3 Å². The van der Waals surface area contributed by atoms with Gasteiger partial charge in [0.05, 0.1) is 12.1 Å². The van der Waals surface area contributed by atoms with Gasteiger partial charge in [-0.3, -0.25) is 0 Å². The Morgan fingerprint density at radius 3 is 2.76 bits per heavy atom. The molecule has 0 saturated carbocycles. The van der Waals surface area contributed by atoms with E-state index in [9.17, 15) is 13.2 Å². The number of hydrogen-bond donors (Lipinski definition) is 3. The maximum Gasteiger partial charge on any atom is 0.356 e. The van der Waals surface area contributed by atoms with E-state index in [1.54, 1.807) is 6.92 Å². The number of carboxylic acids is 1. The maximum absolute atomic E-state index is 11.8. The fraction of sp³-hybridized carbons (Fsp3) is 0.500. The Kier molecular flexibility index (Phi) is 4.57. The van der Waals surface area contributed by atoms with Crippen LogP contribution >= 0.6 is 11.3 Å². The quantitative estimate of drug-likeness (QED) is 0.669. The van der Waals surface area contributed by atoms with Crippen LogP contribution in [-0.4, -0.2) is 42.2 Å². The molecule has 1 heterocycles. The van der Waals surface area contributed by atoms with Crippen molar-refractivity contribution in [2.24, 2.45) is 0 Å². The van der Waals surface area contributed by atoms with Crippen molar-refractivity contribution in [3.8, 4) is 0 Å². The van der Waals surface area contributed by atoms with E-state index in [1.165, 1.54) is 0 Å². The zero-order valence-electron chi connectivity index (χ0n) is 8.95. The number of carbonyl (C=O) groups is 1. The van der Waals surface area contributed by atoms with E-state index in [-0.39, 0.29) is 10.8 Å². The molecular formula is C8H12N2O5S2. The monoisotopic (exact) mass is 280 g/mol. The van der Waals surface area contributed by atoms with Gasteiger partial charge in [0.25, 0.3) is 10.0 Å². The Morgan fingerprint density at radius 2 is 2.29 bits per heavy atom. The van der Waals surface area contributed by atoms with Gasteiger partial charge in [0.15, 0.2) is 9.90 Å². The van der Waals surface area contributed by atoms with Crippen LogP contribution in [0.3, 0.4) is 0 Å². The van der Waals surface area contributed by atoms with E-state index >= 15 is 0 Å². The summed E-state index contributed by atoms with van der Waals surface area (Å²) >= 11 is 0.724. The first-order chi connectivity index (χ1) is 7.92. The molecule has 0 aromatic carbocycles. The summed E-state index contributed by atoms with van der Waals surface area (Å²) in [6.07, 6.45) is 0.400.